The first-order valence-corrected chi connectivity index (χ1v) is 11.2. The maximum Gasteiger partial charge on any atom is 0.417 e. The van der Waals surface area contributed by atoms with Gasteiger partial charge < -0.3 is 25.2 Å². The van der Waals surface area contributed by atoms with Gasteiger partial charge in [-0.25, -0.2) is 8.78 Å². The number of hydrogen-bond acceptors (Lipinski definition) is 5. The Kier molecular flexibility index (Phi) is 8.95. The Labute approximate surface area is 214 Å². The number of carbonyl (C=O) groups is 1. The quantitative estimate of drug-likeness (QED) is 0.290. The van der Waals surface area contributed by atoms with E-state index in [0.717, 1.165) is 30.3 Å². The van der Waals surface area contributed by atoms with Crippen LogP contribution in [0.25, 0.3) is 0 Å². The number of anilines is 1. The zero-order chi connectivity index (χ0) is 27.3. The summed E-state index contributed by atoms with van der Waals surface area (Å²) in [6.07, 6.45) is -5.77. The van der Waals surface area contributed by atoms with Crippen molar-refractivity contribution in [2.45, 2.75) is 19.2 Å². The number of nitrogens with one attached hydrogen (secondary N) is 2. The molecular formula is C25H22ClF5N2O4. The lowest BCUT2D eigenvalue weighted by atomic mass is 10.1. The molecule has 1 amide bonds. The molecule has 1 unspecified atom stereocenters. The smallest absolute Gasteiger partial charge is 0.417 e. The van der Waals surface area contributed by atoms with Crippen molar-refractivity contribution in [3.05, 3.63) is 81.9 Å². The van der Waals surface area contributed by atoms with Crippen LogP contribution in [0.4, 0.5) is 27.6 Å². The number of aliphatic hydroxyl groups excluding tert-OH is 1. The van der Waals surface area contributed by atoms with Gasteiger partial charge in [0.1, 0.15) is 30.0 Å². The SMILES string of the molecule is CNCC(O)COc1cc(NC(=O)c2cc(Cl)c(C(F)(F)F)cc2Oc2ccc(F)cc2C)ccc1F. The maximum atomic E-state index is 14.1. The predicted octanol–water partition coefficient (Wildman–Crippen LogP) is 5.95. The Bertz CT molecular complexity index is 1290. The Hall–Kier alpha value is -3.41. The fourth-order valence-electron chi connectivity index (χ4n) is 3.25. The average molecular weight is 545 g/mol. The second-order valence-corrected chi connectivity index (χ2v) is 8.37. The van der Waals surface area contributed by atoms with Crippen molar-refractivity contribution in [1.82, 2.24) is 5.32 Å². The Morgan fingerprint density at radius 1 is 1.05 bits per heavy atom. The minimum Gasteiger partial charge on any atom is -0.488 e. The lowest BCUT2D eigenvalue weighted by Crippen LogP contribution is -2.29. The number of alkyl halides is 3. The number of likely N-dealkylation sites (N-methyl/N-ethyl adjacent to an activating group) is 1. The van der Waals surface area contributed by atoms with Gasteiger partial charge in [-0.05, 0) is 62.0 Å². The van der Waals surface area contributed by atoms with Gasteiger partial charge in [0.25, 0.3) is 5.91 Å². The van der Waals surface area contributed by atoms with E-state index in [4.69, 9.17) is 21.1 Å². The fraction of sp³-hybridized carbons (Fsp3) is 0.240. The van der Waals surface area contributed by atoms with Gasteiger partial charge in [0.2, 0.25) is 0 Å². The van der Waals surface area contributed by atoms with Gasteiger partial charge in [0, 0.05) is 18.3 Å². The molecule has 0 aromatic heterocycles. The molecule has 0 spiro atoms. The van der Waals surface area contributed by atoms with E-state index >= 15 is 0 Å². The first kappa shape index (κ1) is 28.2. The van der Waals surface area contributed by atoms with Crippen LogP contribution in [0, 0.1) is 18.6 Å². The van der Waals surface area contributed by atoms with Crippen LogP contribution in [0.1, 0.15) is 21.5 Å². The monoisotopic (exact) mass is 544 g/mol. The number of carbonyl (C=O) groups excluding carboxylic acids is 1. The third kappa shape index (κ3) is 7.31. The van der Waals surface area contributed by atoms with Crippen molar-refractivity contribution >= 4 is 23.2 Å². The second-order valence-electron chi connectivity index (χ2n) is 7.96. The lowest BCUT2D eigenvalue weighted by Gasteiger charge is -2.17. The zero-order valence-corrected chi connectivity index (χ0v) is 20.3. The largest absolute Gasteiger partial charge is 0.488 e. The van der Waals surface area contributed by atoms with Crippen LogP contribution in [0.15, 0.2) is 48.5 Å². The molecule has 6 nitrogen and oxygen atoms in total. The van der Waals surface area contributed by atoms with Crippen LogP contribution in [-0.4, -0.2) is 37.3 Å². The molecule has 0 fully saturated rings. The molecule has 12 heteroatoms. The van der Waals surface area contributed by atoms with Gasteiger partial charge >= 0.3 is 6.18 Å². The highest BCUT2D eigenvalue weighted by Gasteiger charge is 2.35. The third-order valence-electron chi connectivity index (χ3n) is 5.04. The van der Waals surface area contributed by atoms with Crippen molar-refractivity contribution in [3.8, 4) is 17.2 Å². The molecule has 198 valence electrons. The summed E-state index contributed by atoms with van der Waals surface area (Å²) >= 11 is 5.83. The Balaban J connectivity index is 1.93. The normalized spacial score (nSPS) is 12.2. The number of benzene rings is 3. The van der Waals surface area contributed by atoms with Gasteiger partial charge in [0.05, 0.1) is 16.1 Å². The molecule has 3 aromatic carbocycles. The molecule has 0 aliphatic carbocycles. The molecule has 1 atom stereocenters. The summed E-state index contributed by atoms with van der Waals surface area (Å²) in [6, 6.07) is 8.11. The van der Waals surface area contributed by atoms with E-state index in [1.54, 1.807) is 7.05 Å². The predicted molar refractivity (Wildman–Crippen MR) is 127 cm³/mol. The molecule has 3 rings (SSSR count). The summed E-state index contributed by atoms with van der Waals surface area (Å²) in [7, 11) is 1.61. The van der Waals surface area contributed by atoms with Crippen LogP contribution in [0.5, 0.6) is 17.2 Å². The number of hydrogen-bond donors (Lipinski definition) is 3. The molecule has 0 radical (unpaired) electrons. The van der Waals surface area contributed by atoms with E-state index in [-0.39, 0.29) is 41.5 Å². The number of amides is 1. The third-order valence-corrected chi connectivity index (χ3v) is 5.35. The molecule has 0 bridgehead atoms. The van der Waals surface area contributed by atoms with Crippen LogP contribution in [0.3, 0.4) is 0 Å². The summed E-state index contributed by atoms with van der Waals surface area (Å²) in [6.45, 7) is 1.44. The minimum atomic E-state index is -4.84. The Morgan fingerprint density at radius 3 is 2.43 bits per heavy atom. The standard InChI is InChI=1S/C25H22ClF5N2O4/c1-13-7-14(27)3-6-21(13)37-22-10-18(25(29,30)31)19(26)9-17(22)24(35)33-15-4-5-20(28)23(8-15)36-12-16(34)11-32-2/h3-10,16,32,34H,11-12H2,1-2H3,(H,33,35). The van der Waals surface area contributed by atoms with E-state index in [0.29, 0.717) is 6.07 Å². The molecule has 0 heterocycles. The van der Waals surface area contributed by atoms with Crippen molar-refractivity contribution in [3.63, 3.8) is 0 Å². The molecule has 3 aromatic rings. The summed E-state index contributed by atoms with van der Waals surface area (Å²) in [4.78, 5) is 13.1. The Morgan fingerprint density at radius 2 is 1.78 bits per heavy atom. The van der Waals surface area contributed by atoms with E-state index < -0.39 is 46.2 Å². The number of aliphatic hydroxyl groups is 1. The summed E-state index contributed by atoms with van der Waals surface area (Å²) in [5.41, 5.74) is -1.28. The first-order valence-electron chi connectivity index (χ1n) is 10.8. The van der Waals surface area contributed by atoms with Crippen molar-refractivity contribution in [2.24, 2.45) is 0 Å². The highest BCUT2D eigenvalue weighted by Crippen LogP contribution is 2.40. The lowest BCUT2D eigenvalue weighted by molar-refractivity contribution is -0.137. The van der Waals surface area contributed by atoms with E-state index in [9.17, 15) is 31.9 Å². The molecule has 0 saturated carbocycles. The van der Waals surface area contributed by atoms with Gasteiger partial charge in [-0.3, -0.25) is 4.79 Å². The van der Waals surface area contributed by atoms with Crippen molar-refractivity contribution in [2.75, 3.05) is 25.5 Å². The van der Waals surface area contributed by atoms with Crippen LogP contribution < -0.4 is 20.1 Å². The molecule has 3 N–H and O–H groups in total. The van der Waals surface area contributed by atoms with Crippen LogP contribution in [0.2, 0.25) is 5.02 Å². The average Bonchev–Trinajstić information content (AvgIpc) is 2.81. The number of rotatable bonds is 9. The van der Waals surface area contributed by atoms with Crippen molar-refractivity contribution < 1.29 is 41.3 Å². The minimum absolute atomic E-state index is 0.0171. The molecular weight excluding hydrogens is 523 g/mol. The fourth-order valence-corrected chi connectivity index (χ4v) is 3.52. The molecule has 0 saturated heterocycles. The number of ether oxygens (including phenoxy) is 2. The molecule has 37 heavy (non-hydrogen) atoms. The van der Waals surface area contributed by atoms with E-state index in [1.165, 1.54) is 19.1 Å². The van der Waals surface area contributed by atoms with Gasteiger partial charge in [-0.2, -0.15) is 13.2 Å². The first-order chi connectivity index (χ1) is 17.4. The van der Waals surface area contributed by atoms with Crippen molar-refractivity contribution in [1.29, 1.82) is 0 Å². The highest BCUT2D eigenvalue weighted by molar-refractivity contribution is 6.32. The topological polar surface area (TPSA) is 79.8 Å². The second kappa shape index (κ2) is 11.8. The van der Waals surface area contributed by atoms with E-state index in [2.05, 4.69) is 10.6 Å². The zero-order valence-electron chi connectivity index (χ0n) is 19.6. The molecule has 0 aliphatic heterocycles. The van der Waals surface area contributed by atoms with Gasteiger partial charge in [-0.1, -0.05) is 11.6 Å². The summed E-state index contributed by atoms with van der Waals surface area (Å²) in [5.74, 6) is -3.00. The highest BCUT2D eigenvalue weighted by atomic mass is 35.5. The maximum absolute atomic E-state index is 14.1. The molecule has 0 aliphatic rings. The number of aryl methyl sites for hydroxylation is 1. The van der Waals surface area contributed by atoms with Gasteiger partial charge in [-0.15, -0.1) is 0 Å². The van der Waals surface area contributed by atoms with E-state index in [1.807, 2.05) is 0 Å². The van der Waals surface area contributed by atoms with Crippen LogP contribution in [-0.2, 0) is 6.18 Å². The summed E-state index contributed by atoms with van der Waals surface area (Å²) in [5, 5.41) is 14.2. The summed E-state index contributed by atoms with van der Waals surface area (Å²) < 4.78 is 78.9. The van der Waals surface area contributed by atoms with Crippen LogP contribution >= 0.6 is 11.6 Å². The number of halogens is 6. The van der Waals surface area contributed by atoms with Gasteiger partial charge in [0.15, 0.2) is 11.6 Å².